The van der Waals surface area contributed by atoms with Crippen LogP contribution in [0, 0.1) is 5.92 Å². The minimum atomic E-state index is -0.363. The fraction of sp³-hybridized carbons (Fsp3) is 0.276. The van der Waals surface area contributed by atoms with Crippen LogP contribution in [0.4, 0.5) is 5.69 Å². The first-order chi connectivity index (χ1) is 16.6. The van der Waals surface area contributed by atoms with Crippen molar-refractivity contribution in [1.29, 1.82) is 0 Å². The third-order valence-corrected chi connectivity index (χ3v) is 6.64. The first-order valence-corrected chi connectivity index (χ1v) is 11.7. The monoisotopic (exact) mass is 455 g/mol. The average molecular weight is 456 g/mol. The molecule has 5 nitrogen and oxygen atoms in total. The van der Waals surface area contributed by atoms with E-state index >= 15 is 0 Å². The summed E-state index contributed by atoms with van der Waals surface area (Å²) in [5, 5.41) is 3.75. The molecule has 5 rings (SSSR count). The van der Waals surface area contributed by atoms with Crippen molar-refractivity contribution in [3.63, 3.8) is 0 Å². The summed E-state index contributed by atoms with van der Waals surface area (Å²) in [5.41, 5.74) is 4.78. The maximum atomic E-state index is 11.4. The molecule has 0 aromatic heterocycles. The zero-order valence-electron chi connectivity index (χ0n) is 19.5. The second-order valence-electron chi connectivity index (χ2n) is 8.81. The Hall–Kier alpha value is -3.73. The Morgan fingerprint density at radius 2 is 1.88 bits per heavy atom. The molecule has 1 aliphatic carbocycles. The van der Waals surface area contributed by atoms with Gasteiger partial charge in [-0.1, -0.05) is 48.6 Å². The van der Waals surface area contributed by atoms with Crippen LogP contribution < -0.4 is 19.5 Å². The molecule has 3 unspecified atom stereocenters. The van der Waals surface area contributed by atoms with E-state index in [1.807, 2.05) is 30.3 Å². The summed E-state index contributed by atoms with van der Waals surface area (Å²) < 4.78 is 16.9. The number of benzene rings is 3. The molecule has 34 heavy (non-hydrogen) atoms. The molecule has 1 heterocycles. The van der Waals surface area contributed by atoms with E-state index in [-0.39, 0.29) is 12.0 Å². The molecular formula is C29H29NO4. The first kappa shape index (κ1) is 22.1. The van der Waals surface area contributed by atoms with Gasteiger partial charge in [-0.25, -0.2) is 0 Å². The summed E-state index contributed by atoms with van der Waals surface area (Å²) in [6.07, 6.45) is 6.46. The van der Waals surface area contributed by atoms with Gasteiger partial charge in [-0.2, -0.15) is 0 Å². The van der Waals surface area contributed by atoms with Crippen LogP contribution in [0.15, 0.2) is 78.9 Å². The number of carbonyl (C=O) groups excluding carboxylic acids is 1. The van der Waals surface area contributed by atoms with Crippen LogP contribution in [0.25, 0.3) is 0 Å². The average Bonchev–Trinajstić information content (AvgIpc) is 3.35. The molecule has 0 amide bonds. The van der Waals surface area contributed by atoms with Gasteiger partial charge in [0.2, 0.25) is 0 Å². The highest BCUT2D eigenvalue weighted by molar-refractivity contribution is 5.70. The van der Waals surface area contributed by atoms with Crippen LogP contribution in [0.1, 0.15) is 42.0 Å². The summed E-state index contributed by atoms with van der Waals surface area (Å²) in [7, 11) is 1.59. The maximum Gasteiger partial charge on any atom is 0.308 e. The highest BCUT2D eigenvalue weighted by atomic mass is 16.6. The highest BCUT2D eigenvalue weighted by Gasteiger charge is 2.38. The van der Waals surface area contributed by atoms with Gasteiger partial charge < -0.3 is 19.5 Å². The van der Waals surface area contributed by atoms with Gasteiger partial charge in [0.1, 0.15) is 5.75 Å². The second kappa shape index (κ2) is 9.64. The number of nitrogens with one attached hydrogen (secondary N) is 1. The number of fused-ring (bicyclic) bond motifs is 3. The van der Waals surface area contributed by atoms with Crippen LogP contribution in [-0.2, 0) is 11.2 Å². The molecule has 0 bridgehead atoms. The molecule has 3 aromatic rings. The van der Waals surface area contributed by atoms with Gasteiger partial charge in [0.15, 0.2) is 11.5 Å². The van der Waals surface area contributed by atoms with Gasteiger partial charge in [0.05, 0.1) is 19.8 Å². The zero-order chi connectivity index (χ0) is 23.5. The van der Waals surface area contributed by atoms with Gasteiger partial charge in [-0.3, -0.25) is 4.79 Å². The third kappa shape index (κ3) is 4.51. The van der Waals surface area contributed by atoms with Crippen molar-refractivity contribution >= 4 is 11.7 Å². The van der Waals surface area contributed by atoms with Crippen LogP contribution >= 0.6 is 0 Å². The van der Waals surface area contributed by atoms with E-state index in [2.05, 4.69) is 53.9 Å². The van der Waals surface area contributed by atoms with Crippen LogP contribution in [0.5, 0.6) is 17.2 Å². The topological polar surface area (TPSA) is 56.8 Å². The maximum absolute atomic E-state index is 11.4. The molecule has 0 saturated carbocycles. The largest absolute Gasteiger partial charge is 0.493 e. The van der Waals surface area contributed by atoms with Crippen LogP contribution in [-0.4, -0.2) is 19.7 Å². The van der Waals surface area contributed by atoms with Crippen LogP contribution in [0.2, 0.25) is 0 Å². The number of hydrogen-bond donors (Lipinski definition) is 1. The second-order valence-corrected chi connectivity index (χ2v) is 8.81. The lowest BCUT2D eigenvalue weighted by Gasteiger charge is -2.37. The highest BCUT2D eigenvalue weighted by Crippen LogP contribution is 2.51. The molecule has 0 fully saturated rings. The van der Waals surface area contributed by atoms with Crippen molar-refractivity contribution in [1.82, 2.24) is 0 Å². The Morgan fingerprint density at radius 3 is 2.68 bits per heavy atom. The molecule has 174 valence electrons. The fourth-order valence-electron chi connectivity index (χ4n) is 5.04. The predicted octanol–water partition coefficient (Wildman–Crippen LogP) is 6.07. The van der Waals surface area contributed by atoms with Gasteiger partial charge in [0, 0.05) is 24.9 Å². The quantitative estimate of drug-likeness (QED) is 0.266. The molecule has 1 N–H and O–H groups in total. The van der Waals surface area contributed by atoms with Crippen molar-refractivity contribution in [2.75, 3.05) is 19.0 Å². The predicted molar refractivity (Wildman–Crippen MR) is 133 cm³/mol. The lowest BCUT2D eigenvalue weighted by Crippen LogP contribution is -2.29. The molecule has 5 heteroatoms. The minimum Gasteiger partial charge on any atom is -0.493 e. The number of esters is 1. The Balaban J connectivity index is 1.35. The minimum absolute atomic E-state index is 0.123. The molecule has 2 aliphatic rings. The SMILES string of the molecule is COc1cc(C2Nc3ccc(OCCc4ccccc4)cc3C3C=CCC32)ccc1OC(C)=O. The Kier molecular flexibility index (Phi) is 6.26. The number of ether oxygens (including phenoxy) is 3. The van der Waals surface area contributed by atoms with E-state index in [1.165, 1.54) is 18.1 Å². The van der Waals surface area contributed by atoms with Gasteiger partial charge >= 0.3 is 5.97 Å². The molecule has 0 spiro atoms. The van der Waals surface area contributed by atoms with E-state index in [1.54, 1.807) is 7.11 Å². The number of carbonyl (C=O) groups is 1. The Bertz CT molecular complexity index is 1200. The number of allylic oxidation sites excluding steroid dienone is 2. The first-order valence-electron chi connectivity index (χ1n) is 11.7. The van der Waals surface area contributed by atoms with E-state index in [0.29, 0.717) is 29.9 Å². The molecule has 0 radical (unpaired) electrons. The van der Waals surface area contributed by atoms with E-state index in [4.69, 9.17) is 14.2 Å². The van der Waals surface area contributed by atoms with Crippen LogP contribution in [0.3, 0.4) is 0 Å². The normalized spacial score (nSPS) is 20.1. The van der Waals surface area contributed by atoms with E-state index in [0.717, 1.165) is 29.8 Å². The van der Waals surface area contributed by atoms with Gasteiger partial charge in [-0.15, -0.1) is 0 Å². The number of hydrogen-bond acceptors (Lipinski definition) is 5. The smallest absolute Gasteiger partial charge is 0.308 e. The Labute approximate surface area is 200 Å². The van der Waals surface area contributed by atoms with Crippen molar-refractivity contribution < 1.29 is 19.0 Å². The third-order valence-electron chi connectivity index (χ3n) is 6.64. The number of anilines is 1. The molecule has 0 saturated heterocycles. The lowest BCUT2D eigenvalue weighted by atomic mass is 9.77. The van der Waals surface area contributed by atoms with Crippen molar-refractivity contribution in [2.45, 2.75) is 31.7 Å². The summed E-state index contributed by atoms with van der Waals surface area (Å²) in [4.78, 5) is 11.4. The van der Waals surface area contributed by atoms with E-state index in [9.17, 15) is 4.79 Å². The van der Waals surface area contributed by atoms with Gasteiger partial charge in [-0.05, 0) is 59.4 Å². The summed E-state index contributed by atoms with van der Waals surface area (Å²) in [6, 6.07) is 22.7. The lowest BCUT2D eigenvalue weighted by molar-refractivity contribution is -0.132. The van der Waals surface area contributed by atoms with Crippen molar-refractivity contribution in [3.05, 3.63) is 95.6 Å². The summed E-state index contributed by atoms with van der Waals surface area (Å²) in [5.74, 6) is 2.24. The standard InChI is InChI=1S/C29H29NO4/c1-19(31)34-27-14-11-21(17-28(27)32-2)29-24-10-6-9-23(24)25-18-22(12-13-26(25)30-29)33-16-15-20-7-4-3-5-8-20/h3-9,11-14,17-18,23-24,29-30H,10,15-16H2,1-2H3. The fourth-order valence-corrected chi connectivity index (χ4v) is 5.04. The molecule has 1 aliphatic heterocycles. The van der Waals surface area contributed by atoms with Crippen molar-refractivity contribution in [2.24, 2.45) is 5.92 Å². The van der Waals surface area contributed by atoms with Gasteiger partial charge in [0.25, 0.3) is 0 Å². The Morgan fingerprint density at radius 1 is 1.03 bits per heavy atom. The number of methoxy groups -OCH3 is 1. The van der Waals surface area contributed by atoms with Crippen molar-refractivity contribution in [3.8, 4) is 17.2 Å². The summed E-state index contributed by atoms with van der Waals surface area (Å²) >= 11 is 0. The summed E-state index contributed by atoms with van der Waals surface area (Å²) in [6.45, 7) is 2.04. The molecular weight excluding hydrogens is 426 g/mol. The zero-order valence-corrected chi connectivity index (χ0v) is 19.5. The molecule has 3 atom stereocenters. The van der Waals surface area contributed by atoms with E-state index < -0.39 is 0 Å². The molecule has 3 aromatic carbocycles. The number of rotatable bonds is 7.